The van der Waals surface area contributed by atoms with Gasteiger partial charge in [-0.25, -0.2) is 9.78 Å². The van der Waals surface area contributed by atoms with E-state index in [-0.39, 0.29) is 55.2 Å². The van der Waals surface area contributed by atoms with Gasteiger partial charge >= 0.3 is 6.09 Å². The molecular formula is C23H29N5O7. The number of fused-ring (bicyclic) bond motifs is 1. The third kappa shape index (κ3) is 6.63. The van der Waals surface area contributed by atoms with Crippen LogP contribution in [0.15, 0.2) is 23.0 Å². The Morgan fingerprint density at radius 2 is 1.97 bits per heavy atom. The van der Waals surface area contributed by atoms with Crippen molar-refractivity contribution in [3.63, 3.8) is 0 Å². The number of amides is 4. The maximum absolute atomic E-state index is 13.2. The Kier molecular flexibility index (Phi) is 7.85. The number of carbonyl (C=O) groups is 4. The van der Waals surface area contributed by atoms with Gasteiger partial charge in [0.05, 0.1) is 17.7 Å². The van der Waals surface area contributed by atoms with E-state index < -0.39 is 35.1 Å². The molecule has 1 atom stereocenters. The van der Waals surface area contributed by atoms with Gasteiger partial charge in [-0.05, 0) is 46.2 Å². The van der Waals surface area contributed by atoms with Crippen molar-refractivity contribution in [2.45, 2.75) is 52.2 Å². The van der Waals surface area contributed by atoms with Gasteiger partial charge in [-0.3, -0.25) is 29.1 Å². The van der Waals surface area contributed by atoms with E-state index in [9.17, 15) is 24.0 Å². The molecule has 0 aliphatic carbocycles. The number of hydrogen-bond donors (Lipinski definition) is 3. The molecule has 0 radical (unpaired) electrons. The summed E-state index contributed by atoms with van der Waals surface area (Å²) in [6, 6.07) is 3.92. The number of nitrogens with zero attached hydrogens (tertiary/aromatic N) is 2. The van der Waals surface area contributed by atoms with E-state index in [1.165, 1.54) is 4.57 Å². The molecule has 35 heavy (non-hydrogen) atoms. The van der Waals surface area contributed by atoms with Crippen molar-refractivity contribution in [2.24, 2.45) is 0 Å². The monoisotopic (exact) mass is 487 g/mol. The molecule has 1 saturated heterocycles. The lowest BCUT2D eigenvalue weighted by Crippen LogP contribution is -2.45. The van der Waals surface area contributed by atoms with E-state index in [1.807, 2.05) is 0 Å². The third-order valence-corrected chi connectivity index (χ3v) is 5.05. The van der Waals surface area contributed by atoms with Crippen LogP contribution in [0.2, 0.25) is 0 Å². The van der Waals surface area contributed by atoms with Crippen molar-refractivity contribution in [3.8, 4) is 0 Å². The number of aromatic nitrogens is 2. The summed E-state index contributed by atoms with van der Waals surface area (Å²) in [5.41, 5.74) is -0.458. The maximum Gasteiger partial charge on any atom is 0.407 e. The third-order valence-electron chi connectivity index (χ3n) is 5.05. The van der Waals surface area contributed by atoms with Crippen LogP contribution in [0.1, 0.15) is 45.5 Å². The topological polar surface area (TPSA) is 158 Å². The number of hydrogen-bond acceptors (Lipinski definition) is 8. The highest BCUT2D eigenvalue weighted by Crippen LogP contribution is 2.23. The normalized spacial score (nSPS) is 16.1. The van der Waals surface area contributed by atoms with Crippen molar-refractivity contribution in [1.29, 1.82) is 0 Å². The molecule has 4 amide bonds. The molecule has 1 aliphatic rings. The fourth-order valence-corrected chi connectivity index (χ4v) is 3.62. The van der Waals surface area contributed by atoms with Crippen LogP contribution in [0.4, 0.5) is 10.5 Å². The van der Waals surface area contributed by atoms with E-state index >= 15 is 0 Å². The molecule has 0 bridgehead atoms. The fraction of sp³-hybridized carbons (Fsp3) is 0.478. The Hall–Kier alpha value is -3.80. The van der Waals surface area contributed by atoms with Crippen LogP contribution in [0.3, 0.4) is 0 Å². The maximum atomic E-state index is 13.2. The second-order valence-electron chi connectivity index (χ2n) is 9.03. The lowest BCUT2D eigenvalue weighted by atomic mass is 10.1. The number of piperidine rings is 1. The molecule has 3 N–H and O–H groups in total. The van der Waals surface area contributed by atoms with Crippen molar-refractivity contribution in [3.05, 3.63) is 34.4 Å². The minimum Gasteiger partial charge on any atom is -0.444 e. The molecular weight excluding hydrogens is 458 g/mol. The molecule has 3 rings (SSSR count). The minimum absolute atomic E-state index is 0.0935. The Balaban J connectivity index is 1.64. The zero-order valence-corrected chi connectivity index (χ0v) is 20.1. The summed E-state index contributed by atoms with van der Waals surface area (Å²) in [6.45, 7) is 6.82. The average Bonchev–Trinajstić information content (AvgIpc) is 2.74. The number of ether oxygens (including phenoxy) is 2. The highest BCUT2D eigenvalue weighted by molar-refractivity contribution is 6.01. The minimum atomic E-state index is -0.835. The van der Waals surface area contributed by atoms with Crippen LogP contribution in [-0.2, 0) is 23.9 Å². The predicted octanol–water partition coefficient (Wildman–Crippen LogP) is 1.16. The van der Waals surface area contributed by atoms with Gasteiger partial charge in [-0.1, -0.05) is 6.07 Å². The molecule has 0 spiro atoms. The predicted molar refractivity (Wildman–Crippen MR) is 126 cm³/mol. The van der Waals surface area contributed by atoms with Gasteiger partial charge in [-0.2, -0.15) is 0 Å². The lowest BCUT2D eigenvalue weighted by molar-refractivity contribution is -0.135. The van der Waals surface area contributed by atoms with Gasteiger partial charge in [0.1, 0.15) is 29.6 Å². The van der Waals surface area contributed by atoms with Crippen molar-refractivity contribution in [1.82, 2.24) is 20.2 Å². The zero-order chi connectivity index (χ0) is 25.8. The van der Waals surface area contributed by atoms with E-state index in [0.29, 0.717) is 5.69 Å². The summed E-state index contributed by atoms with van der Waals surface area (Å²) in [6.07, 6.45) is -0.246. The number of nitrogens with one attached hydrogen (secondary N) is 3. The number of carbonyl (C=O) groups excluding carboxylic acids is 4. The van der Waals surface area contributed by atoms with Crippen LogP contribution >= 0.6 is 0 Å². The summed E-state index contributed by atoms with van der Waals surface area (Å²) in [4.78, 5) is 65.3. The summed E-state index contributed by atoms with van der Waals surface area (Å²) in [5.74, 6) is -1.11. The number of aryl methyl sites for hydroxylation is 1. The Labute approximate surface area is 201 Å². The summed E-state index contributed by atoms with van der Waals surface area (Å²) in [5, 5.41) is 7.67. The molecule has 12 heteroatoms. The number of anilines is 1. The van der Waals surface area contributed by atoms with Crippen LogP contribution < -0.4 is 21.5 Å². The second-order valence-corrected chi connectivity index (χ2v) is 9.03. The highest BCUT2D eigenvalue weighted by atomic mass is 16.6. The number of imide groups is 1. The van der Waals surface area contributed by atoms with Crippen LogP contribution in [0, 0.1) is 6.92 Å². The van der Waals surface area contributed by atoms with Crippen molar-refractivity contribution < 1.29 is 28.7 Å². The Bertz CT molecular complexity index is 1220. The average molecular weight is 488 g/mol. The zero-order valence-electron chi connectivity index (χ0n) is 20.1. The fourth-order valence-electron chi connectivity index (χ4n) is 3.62. The van der Waals surface area contributed by atoms with Crippen molar-refractivity contribution in [2.75, 3.05) is 25.1 Å². The Morgan fingerprint density at radius 3 is 2.66 bits per heavy atom. The molecule has 2 aromatic rings. The Morgan fingerprint density at radius 1 is 1.23 bits per heavy atom. The van der Waals surface area contributed by atoms with Crippen LogP contribution in [0.5, 0.6) is 0 Å². The first-order chi connectivity index (χ1) is 16.5. The van der Waals surface area contributed by atoms with Gasteiger partial charge in [0.2, 0.25) is 17.7 Å². The van der Waals surface area contributed by atoms with E-state index in [4.69, 9.17) is 9.47 Å². The van der Waals surface area contributed by atoms with Gasteiger partial charge in [0.15, 0.2) is 0 Å². The lowest BCUT2D eigenvalue weighted by Gasteiger charge is -2.24. The first-order valence-electron chi connectivity index (χ1n) is 11.2. The number of para-hydroxylation sites is 1. The number of rotatable bonds is 7. The standard InChI is InChI=1S/C23H29N5O7/c1-13-25-19-14(21(32)28(13)16-8-9-17(29)27-20(16)31)6-5-7-15(19)26-18(30)12-34-11-10-24-22(33)35-23(2,3)4/h5-7,16H,8-12H2,1-4H3,(H,24,33)(H,26,30)(H,27,29,31). The van der Waals surface area contributed by atoms with Gasteiger partial charge in [-0.15, -0.1) is 0 Å². The van der Waals surface area contributed by atoms with E-state index in [0.717, 1.165) is 0 Å². The molecule has 1 unspecified atom stereocenters. The molecule has 12 nitrogen and oxygen atoms in total. The van der Waals surface area contributed by atoms with Crippen LogP contribution in [0.25, 0.3) is 10.9 Å². The smallest absolute Gasteiger partial charge is 0.407 e. The van der Waals surface area contributed by atoms with E-state index in [2.05, 4.69) is 20.9 Å². The van der Waals surface area contributed by atoms with E-state index in [1.54, 1.807) is 45.9 Å². The van der Waals surface area contributed by atoms with Gasteiger partial charge in [0, 0.05) is 13.0 Å². The summed E-state index contributed by atoms with van der Waals surface area (Å²) < 4.78 is 11.7. The number of alkyl carbamates (subject to hydrolysis) is 1. The number of benzene rings is 1. The largest absolute Gasteiger partial charge is 0.444 e. The van der Waals surface area contributed by atoms with Crippen LogP contribution in [-0.4, -0.2) is 58.7 Å². The molecule has 1 aromatic heterocycles. The molecule has 1 aliphatic heterocycles. The van der Waals surface area contributed by atoms with Gasteiger partial charge in [0.25, 0.3) is 5.56 Å². The first kappa shape index (κ1) is 25.8. The quantitative estimate of drug-likeness (QED) is 0.388. The van der Waals surface area contributed by atoms with Crippen molar-refractivity contribution >= 4 is 40.4 Å². The van der Waals surface area contributed by atoms with Gasteiger partial charge < -0.3 is 20.1 Å². The SMILES string of the molecule is Cc1nc2c(NC(=O)COCCNC(=O)OC(C)(C)C)cccc2c(=O)n1C1CCC(=O)NC1=O. The molecule has 188 valence electrons. The highest BCUT2D eigenvalue weighted by Gasteiger charge is 2.30. The molecule has 2 heterocycles. The molecule has 1 aromatic carbocycles. The second kappa shape index (κ2) is 10.6. The summed E-state index contributed by atoms with van der Waals surface area (Å²) >= 11 is 0. The molecule has 1 fully saturated rings. The first-order valence-corrected chi connectivity index (χ1v) is 11.2. The summed E-state index contributed by atoms with van der Waals surface area (Å²) in [7, 11) is 0. The molecule has 0 saturated carbocycles.